The third-order valence-corrected chi connectivity index (χ3v) is 7.04. The molecule has 0 amide bonds. The van der Waals surface area contributed by atoms with Crippen LogP contribution in [-0.2, 0) is 0 Å². The first-order valence-electron chi connectivity index (χ1n) is 6.66. The van der Waals surface area contributed by atoms with Gasteiger partial charge in [-0.05, 0) is 37.7 Å². The lowest BCUT2D eigenvalue weighted by atomic mass is 10.0. The Morgan fingerprint density at radius 3 is 2.69 bits per heavy atom. The smallest absolute Gasteiger partial charge is 0.0281 e. The van der Waals surface area contributed by atoms with E-state index in [0.717, 1.165) is 11.3 Å². The third kappa shape index (κ3) is 3.11. The molecule has 1 saturated carbocycles. The molecule has 1 saturated heterocycles. The van der Waals surface area contributed by atoms with E-state index in [1.54, 1.807) is 0 Å². The summed E-state index contributed by atoms with van der Waals surface area (Å²) in [7, 11) is 0. The van der Waals surface area contributed by atoms with Crippen LogP contribution in [-0.4, -0.2) is 34.6 Å². The molecule has 0 aromatic carbocycles. The molecule has 1 N–H and O–H groups in total. The van der Waals surface area contributed by atoms with E-state index in [-0.39, 0.29) is 0 Å². The molecule has 1 heterocycles. The minimum atomic E-state index is 0.571. The van der Waals surface area contributed by atoms with Crippen LogP contribution in [0, 0.1) is 0 Å². The van der Waals surface area contributed by atoms with E-state index < -0.39 is 0 Å². The van der Waals surface area contributed by atoms with Gasteiger partial charge in [0.1, 0.15) is 0 Å². The molecule has 0 aromatic heterocycles. The summed E-state index contributed by atoms with van der Waals surface area (Å²) in [6.45, 7) is 3.63. The first kappa shape index (κ1) is 13.1. The van der Waals surface area contributed by atoms with Crippen molar-refractivity contribution >= 4 is 23.5 Å². The highest BCUT2D eigenvalue weighted by Crippen LogP contribution is 2.40. The molecule has 2 fully saturated rings. The van der Waals surface area contributed by atoms with Crippen LogP contribution in [0.5, 0.6) is 0 Å². The summed E-state index contributed by atoms with van der Waals surface area (Å²) in [5, 5.41) is 4.68. The molecule has 2 atom stereocenters. The van der Waals surface area contributed by atoms with Crippen molar-refractivity contribution in [3.63, 3.8) is 0 Å². The molecule has 2 unspecified atom stereocenters. The van der Waals surface area contributed by atoms with Gasteiger partial charge in [0.15, 0.2) is 0 Å². The van der Waals surface area contributed by atoms with Crippen LogP contribution in [0.1, 0.15) is 45.4 Å². The molecule has 2 rings (SSSR count). The molecule has 1 nitrogen and oxygen atoms in total. The summed E-state index contributed by atoms with van der Waals surface area (Å²) in [5.74, 6) is 1.37. The van der Waals surface area contributed by atoms with Gasteiger partial charge in [-0.25, -0.2) is 0 Å². The number of hydrogen-bond donors (Lipinski definition) is 1. The lowest BCUT2D eigenvalue weighted by Crippen LogP contribution is -2.45. The first-order chi connectivity index (χ1) is 7.76. The van der Waals surface area contributed by atoms with Crippen molar-refractivity contribution in [2.24, 2.45) is 0 Å². The molecule has 0 aromatic rings. The van der Waals surface area contributed by atoms with Crippen LogP contribution in [0.25, 0.3) is 0 Å². The van der Waals surface area contributed by atoms with Gasteiger partial charge >= 0.3 is 0 Å². The van der Waals surface area contributed by atoms with Gasteiger partial charge in [-0.3, -0.25) is 0 Å². The maximum atomic E-state index is 3.86. The average molecular weight is 259 g/mol. The molecule has 16 heavy (non-hydrogen) atoms. The zero-order valence-electron chi connectivity index (χ0n) is 10.6. The quantitative estimate of drug-likeness (QED) is 0.829. The van der Waals surface area contributed by atoms with Crippen molar-refractivity contribution in [1.29, 1.82) is 0 Å². The predicted octanol–water partition coefficient (Wildman–Crippen LogP) is 3.54. The Balaban J connectivity index is 1.80. The maximum Gasteiger partial charge on any atom is 0.0281 e. The van der Waals surface area contributed by atoms with Crippen molar-refractivity contribution in [2.75, 3.05) is 18.6 Å². The second kappa shape index (κ2) is 6.01. The van der Waals surface area contributed by atoms with E-state index in [0.29, 0.717) is 4.75 Å². The summed E-state index contributed by atoms with van der Waals surface area (Å²) in [6.07, 6.45) is 10.8. The van der Waals surface area contributed by atoms with E-state index in [9.17, 15) is 0 Å². The Labute approximate surface area is 109 Å². The normalized spacial score (nSPS) is 34.1. The highest BCUT2D eigenvalue weighted by Gasteiger charge is 2.34. The molecule has 3 heteroatoms. The van der Waals surface area contributed by atoms with Crippen molar-refractivity contribution in [3.05, 3.63) is 0 Å². The van der Waals surface area contributed by atoms with E-state index in [2.05, 4.69) is 42.0 Å². The van der Waals surface area contributed by atoms with Crippen LogP contribution in [0.2, 0.25) is 0 Å². The second-order valence-corrected chi connectivity index (χ2v) is 8.06. The fourth-order valence-electron chi connectivity index (χ4n) is 2.98. The highest BCUT2D eigenvalue weighted by molar-refractivity contribution is 8.00. The monoisotopic (exact) mass is 259 g/mol. The molecular formula is C13H25NS2. The zero-order valence-corrected chi connectivity index (χ0v) is 12.3. The Morgan fingerprint density at radius 1 is 1.31 bits per heavy atom. The van der Waals surface area contributed by atoms with Crippen molar-refractivity contribution in [1.82, 2.24) is 5.32 Å². The number of rotatable bonds is 4. The Bertz CT molecular complexity index is 214. The number of thioether (sulfide) groups is 2. The largest absolute Gasteiger partial charge is 0.312 e. The van der Waals surface area contributed by atoms with Crippen LogP contribution >= 0.6 is 23.5 Å². The van der Waals surface area contributed by atoms with Crippen LogP contribution in [0.3, 0.4) is 0 Å². The molecule has 1 aliphatic heterocycles. The Hall–Kier alpha value is 0.660. The van der Waals surface area contributed by atoms with E-state index in [4.69, 9.17) is 0 Å². The van der Waals surface area contributed by atoms with Gasteiger partial charge < -0.3 is 5.32 Å². The Morgan fingerprint density at radius 2 is 2.06 bits per heavy atom. The Kier molecular flexibility index (Phi) is 4.92. The molecule has 1 aliphatic carbocycles. The van der Waals surface area contributed by atoms with Gasteiger partial charge in [0.05, 0.1) is 0 Å². The van der Waals surface area contributed by atoms with Gasteiger partial charge in [0.2, 0.25) is 0 Å². The fraction of sp³-hybridized carbons (Fsp3) is 1.00. The average Bonchev–Trinajstić information content (AvgIpc) is 2.78. The van der Waals surface area contributed by atoms with Crippen LogP contribution in [0.4, 0.5) is 0 Å². The van der Waals surface area contributed by atoms with Crippen molar-refractivity contribution < 1.29 is 0 Å². The van der Waals surface area contributed by atoms with E-state index in [1.165, 1.54) is 50.8 Å². The van der Waals surface area contributed by atoms with Gasteiger partial charge in [-0.15, -0.1) is 0 Å². The lowest BCUT2D eigenvalue weighted by molar-refractivity contribution is 0.425. The standard InChI is InChI=1S/C13H25NS2/c1-11-12(6-5-9-16-11)14-10-13(15-2)7-3-4-8-13/h11-12,14H,3-10H2,1-2H3. The lowest BCUT2D eigenvalue weighted by Gasteiger charge is -2.34. The molecule has 94 valence electrons. The van der Waals surface area contributed by atoms with Crippen LogP contribution < -0.4 is 5.32 Å². The van der Waals surface area contributed by atoms with Gasteiger partial charge in [0.25, 0.3) is 0 Å². The fourth-order valence-corrected chi connectivity index (χ4v) is 5.08. The summed E-state index contributed by atoms with van der Waals surface area (Å²) in [5.41, 5.74) is 0. The summed E-state index contributed by atoms with van der Waals surface area (Å²) >= 11 is 4.25. The summed E-state index contributed by atoms with van der Waals surface area (Å²) < 4.78 is 0.571. The molecule has 0 radical (unpaired) electrons. The summed E-state index contributed by atoms with van der Waals surface area (Å²) in [4.78, 5) is 0. The van der Waals surface area contributed by atoms with Crippen molar-refractivity contribution in [3.8, 4) is 0 Å². The SMILES string of the molecule is CSC1(CNC2CCCSC2C)CCCC1. The maximum absolute atomic E-state index is 3.86. The van der Waals surface area contributed by atoms with E-state index in [1.807, 2.05) is 0 Å². The minimum absolute atomic E-state index is 0.571. The van der Waals surface area contributed by atoms with Gasteiger partial charge in [-0.2, -0.15) is 23.5 Å². The zero-order chi connectivity index (χ0) is 11.4. The molecule has 0 bridgehead atoms. The minimum Gasteiger partial charge on any atom is -0.312 e. The van der Waals surface area contributed by atoms with Crippen molar-refractivity contribution in [2.45, 2.75) is 61.5 Å². The molecule has 2 aliphatic rings. The molecular weight excluding hydrogens is 234 g/mol. The first-order valence-corrected chi connectivity index (χ1v) is 8.93. The highest BCUT2D eigenvalue weighted by atomic mass is 32.2. The number of hydrogen-bond acceptors (Lipinski definition) is 3. The van der Waals surface area contributed by atoms with E-state index >= 15 is 0 Å². The second-order valence-electron chi connectivity index (χ2n) is 5.30. The summed E-state index contributed by atoms with van der Waals surface area (Å²) in [6, 6.07) is 0.767. The predicted molar refractivity (Wildman–Crippen MR) is 77.7 cm³/mol. The van der Waals surface area contributed by atoms with Gasteiger partial charge in [0, 0.05) is 22.6 Å². The molecule has 0 spiro atoms. The third-order valence-electron chi connectivity index (χ3n) is 4.24. The topological polar surface area (TPSA) is 12.0 Å². The van der Waals surface area contributed by atoms with Gasteiger partial charge in [-0.1, -0.05) is 19.8 Å². The number of nitrogens with one attached hydrogen (secondary N) is 1. The van der Waals surface area contributed by atoms with Crippen LogP contribution in [0.15, 0.2) is 0 Å².